The first-order valence-corrected chi connectivity index (χ1v) is 8.61. The van der Waals surface area contributed by atoms with Crippen LogP contribution in [-0.2, 0) is 19.5 Å². The van der Waals surface area contributed by atoms with Gasteiger partial charge in [-0.05, 0) is 29.8 Å². The van der Waals surface area contributed by atoms with Crippen LogP contribution < -0.4 is 4.74 Å². The monoisotopic (exact) mass is 373 g/mol. The van der Waals surface area contributed by atoms with Crippen LogP contribution in [0.5, 0.6) is 5.75 Å². The minimum Gasteiger partial charge on any atom is -0.494 e. The molecule has 0 amide bonds. The summed E-state index contributed by atoms with van der Waals surface area (Å²) >= 11 is 0. The van der Waals surface area contributed by atoms with Crippen molar-refractivity contribution >= 4 is 0 Å². The van der Waals surface area contributed by atoms with Gasteiger partial charge in [-0.15, -0.1) is 0 Å². The van der Waals surface area contributed by atoms with Gasteiger partial charge in [-0.2, -0.15) is 0 Å². The van der Waals surface area contributed by atoms with E-state index in [9.17, 15) is 13.2 Å². The molecule has 0 radical (unpaired) electrons. The van der Waals surface area contributed by atoms with Crippen molar-refractivity contribution in [1.82, 2.24) is 14.9 Å². The molecule has 1 aromatic heterocycles. The average Bonchev–Trinajstić information content (AvgIpc) is 3.06. The Hall–Kier alpha value is -2.80. The SMILES string of the molecule is COc1cc(CN2CCc3nc(-c4ccc(F)cc4F)[nH]c3C2)ccc1F. The third kappa shape index (κ3) is 3.55. The number of nitrogens with zero attached hydrogens (tertiary/aromatic N) is 2. The van der Waals surface area contributed by atoms with Crippen molar-refractivity contribution in [2.24, 2.45) is 0 Å². The number of methoxy groups -OCH3 is 1. The van der Waals surface area contributed by atoms with Crippen LogP contribution in [0.25, 0.3) is 11.4 Å². The number of aromatic nitrogens is 2. The van der Waals surface area contributed by atoms with E-state index in [1.54, 1.807) is 12.1 Å². The van der Waals surface area contributed by atoms with Crippen LogP contribution in [0.3, 0.4) is 0 Å². The van der Waals surface area contributed by atoms with Crippen molar-refractivity contribution < 1.29 is 17.9 Å². The summed E-state index contributed by atoms with van der Waals surface area (Å²) in [5.74, 6) is -1.02. The number of rotatable bonds is 4. The number of nitrogens with one attached hydrogen (secondary N) is 1. The van der Waals surface area contributed by atoms with Gasteiger partial charge in [-0.1, -0.05) is 6.07 Å². The van der Waals surface area contributed by atoms with Gasteiger partial charge in [0.2, 0.25) is 0 Å². The molecule has 0 spiro atoms. The summed E-state index contributed by atoms with van der Waals surface area (Å²) in [5, 5.41) is 0. The van der Waals surface area contributed by atoms with Crippen LogP contribution in [0.4, 0.5) is 13.2 Å². The molecule has 2 heterocycles. The molecule has 0 aliphatic carbocycles. The standard InChI is InChI=1S/C20H18F3N3O/c1-27-19-8-12(2-5-15(19)22)10-26-7-6-17-18(11-26)25-20(24-17)14-4-3-13(21)9-16(14)23/h2-5,8-9H,6-7,10-11H2,1H3,(H,24,25). The van der Waals surface area contributed by atoms with Crippen LogP contribution in [0, 0.1) is 17.5 Å². The first kappa shape index (κ1) is 17.6. The summed E-state index contributed by atoms with van der Waals surface area (Å²) in [6.07, 6.45) is 0.715. The van der Waals surface area contributed by atoms with E-state index in [0.717, 1.165) is 29.6 Å². The van der Waals surface area contributed by atoms with E-state index in [-0.39, 0.29) is 17.1 Å². The topological polar surface area (TPSA) is 41.1 Å². The first-order valence-electron chi connectivity index (χ1n) is 8.61. The minimum atomic E-state index is -0.642. The molecule has 1 N–H and O–H groups in total. The molecule has 0 atom stereocenters. The Morgan fingerprint density at radius 2 is 1.96 bits per heavy atom. The molecule has 0 bridgehead atoms. The summed E-state index contributed by atoms with van der Waals surface area (Å²) in [5.41, 5.74) is 3.00. The number of ether oxygens (including phenoxy) is 1. The van der Waals surface area contributed by atoms with Crippen LogP contribution in [0.2, 0.25) is 0 Å². The van der Waals surface area contributed by atoms with Gasteiger partial charge in [-0.3, -0.25) is 4.90 Å². The number of benzene rings is 2. The predicted molar refractivity (Wildman–Crippen MR) is 94.7 cm³/mol. The Kier molecular flexibility index (Phi) is 4.61. The molecular formula is C20H18F3N3O. The maximum atomic E-state index is 14.0. The first-order chi connectivity index (χ1) is 13.0. The summed E-state index contributed by atoms with van der Waals surface area (Å²) in [7, 11) is 1.44. The quantitative estimate of drug-likeness (QED) is 0.750. The predicted octanol–water partition coefficient (Wildman–Crippen LogP) is 4.06. The zero-order valence-corrected chi connectivity index (χ0v) is 14.7. The zero-order valence-electron chi connectivity index (χ0n) is 14.7. The second kappa shape index (κ2) is 7.08. The minimum absolute atomic E-state index is 0.223. The third-order valence-corrected chi connectivity index (χ3v) is 4.72. The third-order valence-electron chi connectivity index (χ3n) is 4.72. The lowest BCUT2D eigenvalue weighted by Gasteiger charge is -2.26. The lowest BCUT2D eigenvalue weighted by molar-refractivity contribution is 0.241. The van der Waals surface area contributed by atoms with Gasteiger partial charge in [0, 0.05) is 32.1 Å². The van der Waals surface area contributed by atoms with Gasteiger partial charge < -0.3 is 9.72 Å². The lowest BCUT2D eigenvalue weighted by atomic mass is 10.1. The van der Waals surface area contributed by atoms with Gasteiger partial charge in [0.05, 0.1) is 24.1 Å². The lowest BCUT2D eigenvalue weighted by Crippen LogP contribution is -2.30. The number of hydrogen-bond donors (Lipinski definition) is 1. The van der Waals surface area contributed by atoms with Crippen molar-refractivity contribution in [3.05, 3.63) is 70.8 Å². The number of aromatic amines is 1. The molecule has 0 saturated heterocycles. The van der Waals surface area contributed by atoms with Crippen molar-refractivity contribution in [2.75, 3.05) is 13.7 Å². The van der Waals surface area contributed by atoms with E-state index in [1.165, 1.54) is 25.3 Å². The van der Waals surface area contributed by atoms with E-state index >= 15 is 0 Å². The second-order valence-corrected chi connectivity index (χ2v) is 6.56. The van der Waals surface area contributed by atoms with Crippen molar-refractivity contribution in [2.45, 2.75) is 19.5 Å². The highest BCUT2D eigenvalue weighted by molar-refractivity contribution is 5.57. The molecule has 0 saturated carbocycles. The average molecular weight is 373 g/mol. The highest BCUT2D eigenvalue weighted by Gasteiger charge is 2.22. The fourth-order valence-corrected chi connectivity index (χ4v) is 3.35. The van der Waals surface area contributed by atoms with Crippen molar-refractivity contribution in [3.63, 3.8) is 0 Å². The number of imidazole rings is 1. The Labute approximate surface area is 154 Å². The molecule has 1 aliphatic heterocycles. The largest absolute Gasteiger partial charge is 0.494 e. The normalized spacial score (nSPS) is 14.2. The molecule has 0 fully saturated rings. The van der Waals surface area contributed by atoms with Gasteiger partial charge in [0.1, 0.15) is 17.5 Å². The fraction of sp³-hybridized carbons (Fsp3) is 0.250. The number of hydrogen-bond acceptors (Lipinski definition) is 3. The van der Waals surface area contributed by atoms with Gasteiger partial charge in [0.25, 0.3) is 0 Å². The van der Waals surface area contributed by atoms with Crippen molar-refractivity contribution in [3.8, 4) is 17.1 Å². The fourth-order valence-electron chi connectivity index (χ4n) is 3.35. The summed E-state index contributed by atoms with van der Waals surface area (Å²) in [4.78, 5) is 9.83. The van der Waals surface area contributed by atoms with Crippen molar-refractivity contribution in [1.29, 1.82) is 0 Å². The summed E-state index contributed by atoms with van der Waals surface area (Å²) in [6.45, 7) is 2.03. The van der Waals surface area contributed by atoms with Crippen LogP contribution in [0.15, 0.2) is 36.4 Å². The molecule has 7 heteroatoms. The van der Waals surface area contributed by atoms with E-state index in [1.807, 2.05) is 0 Å². The van der Waals surface area contributed by atoms with E-state index in [4.69, 9.17) is 4.74 Å². The molecule has 3 aromatic rings. The second-order valence-electron chi connectivity index (χ2n) is 6.56. The molecule has 140 valence electrons. The van der Waals surface area contributed by atoms with Crippen LogP contribution in [-0.4, -0.2) is 28.5 Å². The molecule has 27 heavy (non-hydrogen) atoms. The molecular weight excluding hydrogens is 355 g/mol. The Morgan fingerprint density at radius 3 is 2.74 bits per heavy atom. The Balaban J connectivity index is 1.53. The number of halogens is 3. The molecule has 4 nitrogen and oxygen atoms in total. The highest BCUT2D eigenvalue weighted by Crippen LogP contribution is 2.26. The van der Waals surface area contributed by atoms with E-state index in [2.05, 4.69) is 14.9 Å². The molecule has 1 aliphatic rings. The highest BCUT2D eigenvalue weighted by atomic mass is 19.1. The maximum absolute atomic E-state index is 14.0. The molecule has 4 rings (SSSR count). The molecule has 0 unspecified atom stereocenters. The Bertz CT molecular complexity index is 987. The van der Waals surface area contributed by atoms with Gasteiger partial charge in [0.15, 0.2) is 11.6 Å². The Morgan fingerprint density at radius 1 is 1.11 bits per heavy atom. The summed E-state index contributed by atoms with van der Waals surface area (Å²) < 4.78 is 45.7. The summed E-state index contributed by atoms with van der Waals surface area (Å²) in [6, 6.07) is 8.28. The number of H-pyrrole nitrogens is 1. The van der Waals surface area contributed by atoms with Crippen LogP contribution in [0.1, 0.15) is 17.0 Å². The zero-order chi connectivity index (χ0) is 19.0. The van der Waals surface area contributed by atoms with Gasteiger partial charge >= 0.3 is 0 Å². The van der Waals surface area contributed by atoms with Crippen LogP contribution >= 0.6 is 0 Å². The van der Waals surface area contributed by atoms with E-state index in [0.29, 0.717) is 25.3 Å². The van der Waals surface area contributed by atoms with Gasteiger partial charge in [-0.25, -0.2) is 18.2 Å². The smallest absolute Gasteiger partial charge is 0.165 e. The number of fused-ring (bicyclic) bond motifs is 1. The molecule has 2 aromatic carbocycles. The maximum Gasteiger partial charge on any atom is 0.165 e. The van der Waals surface area contributed by atoms with E-state index < -0.39 is 11.6 Å².